The molecule has 1 heterocycles. The van der Waals surface area contributed by atoms with Crippen LogP contribution in [0.25, 0.3) is 0 Å². The van der Waals surface area contributed by atoms with Crippen LogP contribution in [0.5, 0.6) is 0 Å². The first-order valence-corrected chi connectivity index (χ1v) is 7.42. The molecule has 1 aromatic carbocycles. The third-order valence-electron chi connectivity index (χ3n) is 2.28. The minimum absolute atomic E-state index is 0.218. The molecule has 2 rings (SSSR count). The lowest BCUT2D eigenvalue weighted by Crippen LogP contribution is -2.12. The second kappa shape index (κ2) is 5.94. The Balaban J connectivity index is 2.21. The summed E-state index contributed by atoms with van der Waals surface area (Å²) >= 11 is 9.32. The summed E-state index contributed by atoms with van der Waals surface area (Å²) in [4.78, 5) is 12.6. The van der Waals surface area contributed by atoms with Crippen LogP contribution in [0.1, 0.15) is 22.3 Å². The Kier molecular flexibility index (Phi) is 4.52. The highest BCUT2D eigenvalue weighted by Crippen LogP contribution is 2.25. The van der Waals surface area contributed by atoms with Gasteiger partial charge in [0.05, 0.1) is 16.4 Å². The second-order valence-corrected chi connectivity index (χ2v) is 5.89. The molecule has 7 heteroatoms. The predicted octanol–water partition coefficient (Wildman–Crippen LogP) is 3.61. The highest BCUT2D eigenvalue weighted by molar-refractivity contribution is 14.1. The number of halogens is 2. The van der Waals surface area contributed by atoms with Crippen LogP contribution in [0.3, 0.4) is 0 Å². The van der Waals surface area contributed by atoms with Crippen LogP contribution in [-0.4, -0.2) is 15.5 Å². The minimum Gasteiger partial charge on any atom is -0.320 e. The van der Waals surface area contributed by atoms with Crippen molar-refractivity contribution in [1.82, 2.24) is 9.59 Å². The molecular formula is C11H9ClIN3OS. The molecule has 0 unspecified atom stereocenters. The van der Waals surface area contributed by atoms with E-state index in [-0.39, 0.29) is 5.91 Å². The van der Waals surface area contributed by atoms with Gasteiger partial charge in [-0.1, -0.05) is 23.0 Å². The number of hydrogen-bond acceptors (Lipinski definition) is 4. The Morgan fingerprint density at radius 3 is 3.00 bits per heavy atom. The molecule has 0 saturated heterocycles. The molecule has 4 nitrogen and oxygen atoms in total. The van der Waals surface area contributed by atoms with Gasteiger partial charge >= 0.3 is 0 Å². The van der Waals surface area contributed by atoms with Crippen molar-refractivity contribution in [3.05, 3.63) is 37.4 Å². The summed E-state index contributed by atoms with van der Waals surface area (Å²) in [5, 5.41) is 7.20. The number of amides is 1. The molecule has 0 aliphatic heterocycles. The van der Waals surface area contributed by atoms with E-state index in [1.807, 2.05) is 13.0 Å². The maximum Gasteiger partial charge on any atom is 0.269 e. The van der Waals surface area contributed by atoms with Gasteiger partial charge < -0.3 is 5.32 Å². The van der Waals surface area contributed by atoms with Crippen LogP contribution < -0.4 is 5.32 Å². The molecule has 0 atom stereocenters. The molecule has 0 saturated carbocycles. The first kappa shape index (κ1) is 13.7. The molecule has 18 heavy (non-hydrogen) atoms. The topological polar surface area (TPSA) is 54.9 Å². The second-order valence-electron chi connectivity index (χ2n) is 3.48. The minimum atomic E-state index is -0.218. The molecule has 2 aromatic rings. The van der Waals surface area contributed by atoms with E-state index in [1.54, 1.807) is 12.1 Å². The van der Waals surface area contributed by atoms with Crippen molar-refractivity contribution in [2.24, 2.45) is 0 Å². The van der Waals surface area contributed by atoms with Crippen LogP contribution in [0.2, 0.25) is 5.02 Å². The number of nitrogens with zero attached hydrogens (tertiary/aromatic N) is 2. The molecule has 1 aromatic heterocycles. The van der Waals surface area contributed by atoms with E-state index in [0.717, 1.165) is 15.1 Å². The number of nitrogens with one attached hydrogen (secondary N) is 1. The average Bonchev–Trinajstić information content (AvgIpc) is 2.81. The van der Waals surface area contributed by atoms with Crippen LogP contribution in [-0.2, 0) is 6.42 Å². The van der Waals surface area contributed by atoms with Crippen molar-refractivity contribution >= 4 is 57.3 Å². The first-order valence-electron chi connectivity index (χ1n) is 5.19. The van der Waals surface area contributed by atoms with Gasteiger partial charge in [0.15, 0.2) is 0 Å². The summed E-state index contributed by atoms with van der Waals surface area (Å²) in [7, 11) is 0. The lowest BCUT2D eigenvalue weighted by molar-refractivity contribution is 0.102. The molecule has 1 N–H and O–H groups in total. The van der Waals surface area contributed by atoms with Crippen LogP contribution in [0, 0.1) is 3.57 Å². The zero-order chi connectivity index (χ0) is 13.1. The molecule has 0 aliphatic carbocycles. The van der Waals surface area contributed by atoms with Gasteiger partial charge in [-0.25, -0.2) is 0 Å². The number of aromatic nitrogens is 2. The first-order chi connectivity index (χ1) is 8.61. The third kappa shape index (κ3) is 2.99. The Labute approximate surface area is 127 Å². The highest BCUT2D eigenvalue weighted by Gasteiger charge is 2.16. The smallest absolute Gasteiger partial charge is 0.269 e. The molecule has 0 bridgehead atoms. The average molecular weight is 394 g/mol. The Bertz CT molecular complexity index is 587. The summed E-state index contributed by atoms with van der Waals surface area (Å²) < 4.78 is 4.81. The number of carbonyl (C=O) groups excluding carboxylic acids is 1. The van der Waals surface area contributed by atoms with Crippen molar-refractivity contribution in [1.29, 1.82) is 0 Å². The van der Waals surface area contributed by atoms with Gasteiger partial charge in [0, 0.05) is 3.57 Å². The quantitative estimate of drug-likeness (QED) is 0.811. The van der Waals surface area contributed by atoms with Gasteiger partial charge in [0.2, 0.25) is 0 Å². The summed E-state index contributed by atoms with van der Waals surface area (Å²) in [6, 6.07) is 5.46. The monoisotopic (exact) mass is 393 g/mol. The van der Waals surface area contributed by atoms with E-state index in [2.05, 4.69) is 37.5 Å². The van der Waals surface area contributed by atoms with Crippen molar-refractivity contribution in [2.45, 2.75) is 13.3 Å². The van der Waals surface area contributed by atoms with E-state index in [9.17, 15) is 4.79 Å². The normalized spacial score (nSPS) is 10.4. The van der Waals surface area contributed by atoms with Crippen LogP contribution >= 0.6 is 45.7 Å². The SMILES string of the molecule is CCc1nnsc1C(=O)Nc1ccc(I)cc1Cl. The molecule has 94 valence electrons. The van der Waals surface area contributed by atoms with Crippen LogP contribution in [0.15, 0.2) is 18.2 Å². The number of carbonyl (C=O) groups is 1. The predicted molar refractivity (Wildman–Crippen MR) is 81.4 cm³/mol. The van der Waals surface area contributed by atoms with E-state index in [4.69, 9.17) is 11.6 Å². The zero-order valence-corrected chi connectivity index (χ0v) is 13.1. The standard InChI is InChI=1S/C11H9ClIN3OS/c1-2-8-10(18-16-15-8)11(17)14-9-4-3-6(13)5-7(9)12/h3-5H,2H2,1H3,(H,14,17). The number of benzene rings is 1. The third-order valence-corrected chi connectivity index (χ3v) is 4.03. The molecule has 1 amide bonds. The van der Waals surface area contributed by atoms with Crippen molar-refractivity contribution in [3.63, 3.8) is 0 Å². The molecular weight excluding hydrogens is 385 g/mol. The van der Waals surface area contributed by atoms with Crippen LogP contribution in [0.4, 0.5) is 5.69 Å². The molecule has 0 spiro atoms. The molecule has 0 aliphatic rings. The lowest BCUT2D eigenvalue weighted by atomic mass is 10.2. The van der Waals surface area contributed by atoms with E-state index in [1.165, 1.54) is 0 Å². The largest absolute Gasteiger partial charge is 0.320 e. The Morgan fingerprint density at radius 1 is 1.56 bits per heavy atom. The van der Waals surface area contributed by atoms with E-state index in [0.29, 0.717) is 27.7 Å². The summed E-state index contributed by atoms with van der Waals surface area (Å²) in [6.45, 7) is 1.94. The molecule has 0 radical (unpaired) electrons. The van der Waals surface area contributed by atoms with Crippen molar-refractivity contribution < 1.29 is 4.79 Å². The maximum atomic E-state index is 12.1. The zero-order valence-electron chi connectivity index (χ0n) is 9.41. The Morgan fingerprint density at radius 2 is 2.33 bits per heavy atom. The van der Waals surface area contributed by atoms with Crippen molar-refractivity contribution in [2.75, 3.05) is 5.32 Å². The van der Waals surface area contributed by atoms with Gasteiger partial charge in [-0.3, -0.25) is 4.79 Å². The highest BCUT2D eigenvalue weighted by atomic mass is 127. The van der Waals surface area contributed by atoms with Crippen molar-refractivity contribution in [3.8, 4) is 0 Å². The fourth-order valence-electron chi connectivity index (χ4n) is 1.38. The maximum absolute atomic E-state index is 12.1. The Hall–Kier alpha value is -0.730. The van der Waals surface area contributed by atoms with Gasteiger partial charge in [-0.05, 0) is 58.7 Å². The van der Waals surface area contributed by atoms with E-state index >= 15 is 0 Å². The van der Waals surface area contributed by atoms with E-state index < -0.39 is 0 Å². The number of rotatable bonds is 3. The van der Waals surface area contributed by atoms with Gasteiger partial charge in [-0.15, -0.1) is 5.10 Å². The van der Waals surface area contributed by atoms with Gasteiger partial charge in [0.1, 0.15) is 4.88 Å². The van der Waals surface area contributed by atoms with Gasteiger partial charge in [-0.2, -0.15) is 0 Å². The van der Waals surface area contributed by atoms with Gasteiger partial charge in [0.25, 0.3) is 5.91 Å². The number of hydrogen-bond donors (Lipinski definition) is 1. The fourth-order valence-corrected chi connectivity index (χ4v) is 2.93. The number of aryl methyl sites for hydroxylation is 1. The summed E-state index contributed by atoms with van der Waals surface area (Å²) in [5.74, 6) is -0.218. The molecule has 0 fully saturated rings. The summed E-state index contributed by atoms with van der Waals surface area (Å²) in [5.41, 5.74) is 1.30. The fraction of sp³-hybridized carbons (Fsp3) is 0.182. The summed E-state index contributed by atoms with van der Waals surface area (Å²) in [6.07, 6.45) is 0.680. The number of anilines is 1. The lowest BCUT2D eigenvalue weighted by Gasteiger charge is -2.06.